The molecule has 1 aromatic carbocycles. The molecular formula is C26H30N4O3. The number of aryl methyl sites for hydroxylation is 2. The maximum atomic E-state index is 13.4. The fraction of sp³-hybridized carbons (Fsp3) is 0.423. The first-order chi connectivity index (χ1) is 16.0. The number of likely N-dealkylation sites (tertiary alicyclic amines) is 1. The number of carbonyl (C=O) groups is 2. The molecule has 0 aliphatic carbocycles. The smallest absolute Gasteiger partial charge is 0.255 e. The van der Waals surface area contributed by atoms with Gasteiger partial charge < -0.3 is 19.1 Å². The van der Waals surface area contributed by atoms with E-state index in [4.69, 9.17) is 4.74 Å². The summed E-state index contributed by atoms with van der Waals surface area (Å²) in [6, 6.07) is 10.0. The number of amides is 2. The van der Waals surface area contributed by atoms with Gasteiger partial charge in [0.1, 0.15) is 0 Å². The lowest BCUT2D eigenvalue weighted by Gasteiger charge is -2.32. The number of aromatic nitrogens is 2. The van der Waals surface area contributed by atoms with Crippen LogP contribution in [0.15, 0.2) is 42.7 Å². The van der Waals surface area contributed by atoms with E-state index in [1.165, 1.54) is 0 Å². The summed E-state index contributed by atoms with van der Waals surface area (Å²) >= 11 is 0. The Labute approximate surface area is 193 Å². The van der Waals surface area contributed by atoms with Crippen LogP contribution in [0.3, 0.4) is 0 Å². The molecule has 2 aliphatic rings. The fourth-order valence-corrected chi connectivity index (χ4v) is 5.11. The third kappa shape index (κ3) is 4.13. The number of nitrogens with zero attached hydrogens (tertiary/aromatic N) is 4. The van der Waals surface area contributed by atoms with E-state index in [1.807, 2.05) is 41.2 Å². The van der Waals surface area contributed by atoms with Gasteiger partial charge >= 0.3 is 0 Å². The van der Waals surface area contributed by atoms with E-state index in [0.29, 0.717) is 31.6 Å². The molecular weight excluding hydrogens is 416 g/mol. The van der Waals surface area contributed by atoms with Gasteiger partial charge in [0.2, 0.25) is 5.91 Å². The van der Waals surface area contributed by atoms with Crippen molar-refractivity contribution in [2.75, 3.05) is 31.6 Å². The van der Waals surface area contributed by atoms with Crippen LogP contribution in [0.4, 0.5) is 5.69 Å². The number of fused-ring (bicyclic) bond motifs is 2. The highest BCUT2D eigenvalue weighted by Crippen LogP contribution is 2.29. The summed E-state index contributed by atoms with van der Waals surface area (Å²) in [6.45, 7) is 2.01. The molecule has 33 heavy (non-hydrogen) atoms. The number of methoxy groups -OCH3 is 1. The molecule has 0 bridgehead atoms. The quantitative estimate of drug-likeness (QED) is 0.617. The number of hydrogen-bond acceptors (Lipinski definition) is 4. The summed E-state index contributed by atoms with van der Waals surface area (Å²) in [6.07, 6.45) is 7.63. The van der Waals surface area contributed by atoms with Gasteiger partial charge in [-0.2, -0.15) is 0 Å². The monoisotopic (exact) mass is 446 g/mol. The summed E-state index contributed by atoms with van der Waals surface area (Å²) in [5, 5.41) is 1.10. The molecule has 0 atom stereocenters. The first-order valence-corrected chi connectivity index (χ1v) is 11.7. The second-order valence-electron chi connectivity index (χ2n) is 9.03. The van der Waals surface area contributed by atoms with Crippen LogP contribution in [-0.2, 0) is 29.4 Å². The number of piperidine rings is 1. The third-order valence-electron chi connectivity index (χ3n) is 6.97. The Morgan fingerprint density at radius 2 is 1.94 bits per heavy atom. The van der Waals surface area contributed by atoms with Crippen LogP contribution in [0, 0.1) is 0 Å². The number of ether oxygens (including phenoxy) is 1. The first kappa shape index (κ1) is 21.6. The number of anilines is 1. The maximum absolute atomic E-state index is 13.4. The van der Waals surface area contributed by atoms with Gasteiger partial charge in [0, 0.05) is 57.1 Å². The lowest BCUT2D eigenvalue weighted by atomic mass is 10.0. The normalized spacial score (nSPS) is 16.8. The molecule has 2 amide bonds. The number of pyridine rings is 1. The van der Waals surface area contributed by atoms with Crippen molar-refractivity contribution in [3.05, 3.63) is 59.5 Å². The van der Waals surface area contributed by atoms with Crippen molar-refractivity contribution in [3.8, 4) is 0 Å². The lowest BCUT2D eigenvalue weighted by molar-refractivity contribution is -0.118. The zero-order valence-corrected chi connectivity index (χ0v) is 19.3. The van der Waals surface area contributed by atoms with Gasteiger partial charge in [-0.3, -0.25) is 14.6 Å². The Hall–Kier alpha value is -3.19. The van der Waals surface area contributed by atoms with E-state index in [2.05, 4.69) is 21.7 Å². The van der Waals surface area contributed by atoms with Crippen LogP contribution in [0.25, 0.3) is 10.9 Å². The molecule has 0 spiro atoms. The molecule has 3 aromatic rings. The molecule has 7 nitrogen and oxygen atoms in total. The van der Waals surface area contributed by atoms with Gasteiger partial charge in [-0.15, -0.1) is 0 Å². The summed E-state index contributed by atoms with van der Waals surface area (Å²) in [5.41, 5.74) is 4.36. The Morgan fingerprint density at radius 3 is 2.73 bits per heavy atom. The van der Waals surface area contributed by atoms with Crippen LogP contribution in [0.1, 0.15) is 40.9 Å². The molecule has 0 unspecified atom stereocenters. The molecule has 2 aliphatic heterocycles. The fourth-order valence-electron chi connectivity index (χ4n) is 5.11. The minimum absolute atomic E-state index is 0.0214. The highest BCUT2D eigenvalue weighted by atomic mass is 16.5. The Morgan fingerprint density at radius 1 is 1.15 bits per heavy atom. The second kappa shape index (κ2) is 8.98. The number of carbonyl (C=O) groups excluding carboxylic acids is 2. The van der Waals surface area contributed by atoms with E-state index >= 15 is 0 Å². The molecule has 2 aromatic heterocycles. The third-order valence-corrected chi connectivity index (χ3v) is 6.97. The summed E-state index contributed by atoms with van der Waals surface area (Å²) in [4.78, 5) is 34.8. The average molecular weight is 447 g/mol. The second-order valence-corrected chi connectivity index (χ2v) is 9.03. The molecule has 0 saturated carbocycles. The van der Waals surface area contributed by atoms with Gasteiger partial charge in [0.05, 0.1) is 29.5 Å². The molecule has 7 heteroatoms. The molecule has 4 heterocycles. The molecule has 172 valence electrons. The van der Waals surface area contributed by atoms with Crippen molar-refractivity contribution in [3.63, 3.8) is 0 Å². The van der Waals surface area contributed by atoms with Crippen molar-refractivity contribution in [2.45, 2.75) is 38.2 Å². The van der Waals surface area contributed by atoms with Gasteiger partial charge in [-0.1, -0.05) is 18.2 Å². The standard InChI is InChI=1S/C26H30N4O3/c1-28-17-19(21-6-3-4-8-23(21)28)15-25(31)30-11-5-7-22-24(30)14-18(16-27-22)26(32)29-12-9-20(33-2)10-13-29/h3-4,6,8,14,16-17,20H,5,7,9-13,15H2,1-2H3. The number of para-hydroxylation sites is 1. The SMILES string of the molecule is COC1CCN(C(=O)c2cnc3c(c2)N(C(=O)Cc2cn(C)c4ccccc24)CCC3)CC1. The Balaban J connectivity index is 1.38. The summed E-state index contributed by atoms with van der Waals surface area (Å²) in [7, 11) is 3.73. The Kier molecular flexibility index (Phi) is 5.89. The van der Waals surface area contributed by atoms with Crippen LogP contribution in [0.2, 0.25) is 0 Å². The maximum Gasteiger partial charge on any atom is 0.255 e. The number of benzene rings is 1. The topological polar surface area (TPSA) is 67.7 Å². The number of hydrogen-bond donors (Lipinski definition) is 0. The minimum atomic E-state index is -0.0214. The van der Waals surface area contributed by atoms with Crippen LogP contribution < -0.4 is 4.90 Å². The average Bonchev–Trinajstić information content (AvgIpc) is 3.18. The van der Waals surface area contributed by atoms with Gasteiger partial charge in [0.25, 0.3) is 5.91 Å². The van der Waals surface area contributed by atoms with E-state index in [-0.39, 0.29) is 17.9 Å². The van der Waals surface area contributed by atoms with Gasteiger partial charge in [-0.25, -0.2) is 0 Å². The minimum Gasteiger partial charge on any atom is -0.381 e. The van der Waals surface area contributed by atoms with Gasteiger partial charge in [-0.05, 0) is 43.4 Å². The molecule has 5 rings (SSSR count). The molecule has 1 fully saturated rings. The molecule has 0 radical (unpaired) electrons. The Bertz CT molecular complexity index is 1190. The molecule has 1 saturated heterocycles. The van der Waals surface area contributed by atoms with E-state index in [1.54, 1.807) is 13.3 Å². The highest BCUT2D eigenvalue weighted by molar-refractivity contribution is 6.00. The summed E-state index contributed by atoms with van der Waals surface area (Å²) < 4.78 is 7.48. The van der Waals surface area contributed by atoms with Crippen molar-refractivity contribution in [1.29, 1.82) is 0 Å². The van der Waals surface area contributed by atoms with Gasteiger partial charge in [0.15, 0.2) is 0 Å². The van der Waals surface area contributed by atoms with Crippen molar-refractivity contribution < 1.29 is 14.3 Å². The van der Waals surface area contributed by atoms with Crippen LogP contribution in [-0.4, -0.2) is 59.1 Å². The predicted molar refractivity (Wildman–Crippen MR) is 127 cm³/mol. The van der Waals surface area contributed by atoms with Crippen molar-refractivity contribution in [1.82, 2.24) is 14.5 Å². The zero-order valence-electron chi connectivity index (χ0n) is 19.3. The van der Waals surface area contributed by atoms with E-state index in [9.17, 15) is 9.59 Å². The van der Waals surface area contributed by atoms with E-state index < -0.39 is 0 Å². The van der Waals surface area contributed by atoms with Crippen LogP contribution >= 0.6 is 0 Å². The van der Waals surface area contributed by atoms with Crippen LogP contribution in [0.5, 0.6) is 0 Å². The predicted octanol–water partition coefficient (Wildman–Crippen LogP) is 3.35. The van der Waals surface area contributed by atoms with Crippen molar-refractivity contribution in [2.24, 2.45) is 7.05 Å². The largest absolute Gasteiger partial charge is 0.381 e. The highest BCUT2D eigenvalue weighted by Gasteiger charge is 2.28. The lowest BCUT2D eigenvalue weighted by Crippen LogP contribution is -2.41. The number of rotatable bonds is 4. The molecule has 0 N–H and O–H groups in total. The zero-order chi connectivity index (χ0) is 22.9. The van der Waals surface area contributed by atoms with E-state index in [0.717, 1.165) is 53.5 Å². The first-order valence-electron chi connectivity index (χ1n) is 11.7. The van der Waals surface area contributed by atoms with Crippen molar-refractivity contribution >= 4 is 28.4 Å². The summed E-state index contributed by atoms with van der Waals surface area (Å²) in [5.74, 6) is 0.0199.